The number of aromatic nitrogens is 1. The molecule has 1 aliphatic rings. The summed E-state index contributed by atoms with van der Waals surface area (Å²) in [6.07, 6.45) is 2.67. The van der Waals surface area contributed by atoms with Crippen molar-refractivity contribution in [2.24, 2.45) is 5.92 Å². The second kappa shape index (κ2) is 5.43. The summed E-state index contributed by atoms with van der Waals surface area (Å²) in [7, 11) is 0. The highest BCUT2D eigenvalue weighted by molar-refractivity contribution is 7.22. The molecule has 5 heteroatoms. The van der Waals surface area contributed by atoms with Gasteiger partial charge in [0.15, 0.2) is 5.13 Å². The largest absolute Gasteiger partial charge is 0.379 e. The van der Waals surface area contributed by atoms with Gasteiger partial charge in [0.1, 0.15) is 0 Å². The van der Waals surface area contributed by atoms with Gasteiger partial charge in [0.05, 0.1) is 21.8 Å². The van der Waals surface area contributed by atoms with E-state index in [1.54, 1.807) is 11.3 Å². The van der Waals surface area contributed by atoms with E-state index >= 15 is 0 Å². The molecule has 1 heterocycles. The summed E-state index contributed by atoms with van der Waals surface area (Å²) in [6, 6.07) is 5.80. The average Bonchev–Trinajstić information content (AvgIpc) is 3.08. The van der Waals surface area contributed by atoms with Gasteiger partial charge >= 0.3 is 0 Å². The molecule has 0 unspecified atom stereocenters. The number of hydrogen-bond acceptors (Lipinski definition) is 4. The number of fused-ring (bicyclic) bond motifs is 1. The van der Waals surface area contributed by atoms with Crippen LogP contribution in [0.2, 0.25) is 5.02 Å². The summed E-state index contributed by atoms with van der Waals surface area (Å²) in [5.41, 5.74) is 0.953. The van der Waals surface area contributed by atoms with Crippen LogP contribution in [-0.4, -0.2) is 24.7 Å². The molecule has 1 aliphatic carbocycles. The number of hydrogen-bond donors (Lipinski definition) is 1. The predicted molar refractivity (Wildman–Crippen MR) is 76.7 cm³/mol. The van der Waals surface area contributed by atoms with E-state index in [0.717, 1.165) is 46.0 Å². The minimum absolute atomic E-state index is 0.736. The van der Waals surface area contributed by atoms with Crippen LogP contribution in [-0.2, 0) is 4.74 Å². The maximum Gasteiger partial charge on any atom is 0.183 e. The fraction of sp³-hybridized carbons (Fsp3) is 0.462. The SMILES string of the molecule is Clc1cccc2nc(NCCOCC3CC3)sc12. The van der Waals surface area contributed by atoms with Gasteiger partial charge in [-0.3, -0.25) is 0 Å². The minimum atomic E-state index is 0.736. The molecule has 2 aromatic rings. The van der Waals surface area contributed by atoms with Crippen molar-refractivity contribution in [3.63, 3.8) is 0 Å². The van der Waals surface area contributed by atoms with Gasteiger partial charge in [0, 0.05) is 13.2 Å². The summed E-state index contributed by atoms with van der Waals surface area (Å²) < 4.78 is 6.61. The van der Waals surface area contributed by atoms with Gasteiger partial charge in [-0.2, -0.15) is 0 Å². The van der Waals surface area contributed by atoms with E-state index in [9.17, 15) is 0 Å². The first-order valence-corrected chi connectivity index (χ1v) is 7.39. The molecular formula is C13H15ClN2OS. The fourth-order valence-electron chi connectivity index (χ4n) is 1.76. The van der Waals surface area contributed by atoms with Crippen LogP contribution < -0.4 is 5.32 Å². The van der Waals surface area contributed by atoms with Gasteiger partial charge in [0.25, 0.3) is 0 Å². The maximum absolute atomic E-state index is 6.11. The zero-order valence-corrected chi connectivity index (χ0v) is 11.6. The van der Waals surface area contributed by atoms with Crippen molar-refractivity contribution in [2.75, 3.05) is 25.1 Å². The van der Waals surface area contributed by atoms with Crippen LogP contribution in [0.3, 0.4) is 0 Å². The zero-order valence-electron chi connectivity index (χ0n) is 9.99. The molecule has 1 aromatic carbocycles. The highest BCUT2D eigenvalue weighted by Crippen LogP contribution is 2.31. The van der Waals surface area contributed by atoms with E-state index in [2.05, 4.69) is 10.3 Å². The Bertz CT molecular complexity index is 539. The molecule has 1 N–H and O–H groups in total. The average molecular weight is 283 g/mol. The summed E-state index contributed by atoms with van der Waals surface area (Å²) >= 11 is 7.70. The van der Waals surface area contributed by atoms with Crippen LogP contribution in [0.5, 0.6) is 0 Å². The molecule has 0 radical (unpaired) electrons. The lowest BCUT2D eigenvalue weighted by molar-refractivity contribution is 0.134. The van der Waals surface area contributed by atoms with E-state index in [0.29, 0.717) is 0 Å². The first kappa shape index (κ1) is 12.2. The van der Waals surface area contributed by atoms with Crippen LogP contribution in [0.25, 0.3) is 10.2 Å². The van der Waals surface area contributed by atoms with Crippen LogP contribution in [0.15, 0.2) is 18.2 Å². The summed E-state index contributed by atoms with van der Waals surface area (Å²) in [6.45, 7) is 2.44. The molecular weight excluding hydrogens is 268 g/mol. The molecule has 0 aliphatic heterocycles. The number of nitrogens with one attached hydrogen (secondary N) is 1. The van der Waals surface area contributed by atoms with Crippen molar-refractivity contribution >= 4 is 38.3 Å². The van der Waals surface area contributed by atoms with Crippen molar-refractivity contribution in [1.82, 2.24) is 4.98 Å². The standard InChI is InChI=1S/C13H15ClN2OS/c14-10-2-1-3-11-12(10)18-13(16-11)15-6-7-17-8-9-4-5-9/h1-3,9H,4-8H2,(H,15,16). The fourth-order valence-corrected chi connectivity index (χ4v) is 2.94. The second-order valence-electron chi connectivity index (χ2n) is 4.55. The van der Waals surface area contributed by atoms with E-state index in [4.69, 9.17) is 16.3 Å². The number of ether oxygens (including phenoxy) is 1. The molecule has 1 fully saturated rings. The second-order valence-corrected chi connectivity index (χ2v) is 5.96. The van der Waals surface area contributed by atoms with Gasteiger partial charge in [-0.05, 0) is 30.9 Å². The summed E-state index contributed by atoms with van der Waals surface area (Å²) in [4.78, 5) is 4.49. The lowest BCUT2D eigenvalue weighted by Gasteiger charge is -2.03. The van der Waals surface area contributed by atoms with Crippen molar-refractivity contribution in [3.05, 3.63) is 23.2 Å². The Morgan fingerprint density at radius 1 is 1.44 bits per heavy atom. The van der Waals surface area contributed by atoms with E-state index in [1.807, 2.05) is 18.2 Å². The molecule has 0 saturated heterocycles. The number of anilines is 1. The molecule has 0 atom stereocenters. The zero-order chi connectivity index (χ0) is 12.4. The molecule has 1 saturated carbocycles. The normalized spacial score (nSPS) is 15.2. The third-order valence-electron chi connectivity index (χ3n) is 2.94. The third-order valence-corrected chi connectivity index (χ3v) is 4.43. The number of nitrogens with zero attached hydrogens (tertiary/aromatic N) is 1. The van der Waals surface area contributed by atoms with Crippen LogP contribution in [0.1, 0.15) is 12.8 Å². The van der Waals surface area contributed by atoms with Gasteiger partial charge in [-0.25, -0.2) is 4.98 Å². The number of rotatable bonds is 6. The van der Waals surface area contributed by atoms with Crippen LogP contribution in [0.4, 0.5) is 5.13 Å². The van der Waals surface area contributed by atoms with E-state index < -0.39 is 0 Å². The molecule has 0 amide bonds. The Morgan fingerprint density at radius 3 is 3.11 bits per heavy atom. The van der Waals surface area contributed by atoms with Crippen molar-refractivity contribution in [3.8, 4) is 0 Å². The minimum Gasteiger partial charge on any atom is -0.379 e. The first-order chi connectivity index (χ1) is 8.83. The molecule has 0 spiro atoms. The smallest absolute Gasteiger partial charge is 0.183 e. The van der Waals surface area contributed by atoms with E-state index in [-0.39, 0.29) is 0 Å². The molecule has 3 nitrogen and oxygen atoms in total. The predicted octanol–water partition coefficient (Wildman–Crippen LogP) is 3.79. The Hall–Kier alpha value is -0.840. The lowest BCUT2D eigenvalue weighted by Crippen LogP contribution is -2.10. The van der Waals surface area contributed by atoms with Gasteiger partial charge in [0.2, 0.25) is 0 Å². The monoisotopic (exact) mass is 282 g/mol. The third kappa shape index (κ3) is 2.94. The van der Waals surface area contributed by atoms with Crippen molar-refractivity contribution in [1.29, 1.82) is 0 Å². The molecule has 0 bridgehead atoms. The highest BCUT2D eigenvalue weighted by atomic mass is 35.5. The lowest BCUT2D eigenvalue weighted by atomic mass is 10.3. The number of halogens is 1. The van der Waals surface area contributed by atoms with Crippen LogP contribution >= 0.6 is 22.9 Å². The Labute approximate surface area is 115 Å². The van der Waals surface area contributed by atoms with Gasteiger partial charge in [-0.15, -0.1) is 0 Å². The van der Waals surface area contributed by atoms with Crippen molar-refractivity contribution in [2.45, 2.75) is 12.8 Å². The molecule has 1 aromatic heterocycles. The van der Waals surface area contributed by atoms with Gasteiger partial charge in [-0.1, -0.05) is 29.0 Å². The van der Waals surface area contributed by atoms with Crippen molar-refractivity contribution < 1.29 is 4.74 Å². The Morgan fingerprint density at radius 2 is 2.33 bits per heavy atom. The summed E-state index contributed by atoms with van der Waals surface area (Å²) in [5.74, 6) is 0.825. The molecule has 18 heavy (non-hydrogen) atoms. The Balaban J connectivity index is 1.52. The molecule has 3 rings (SSSR count). The quantitative estimate of drug-likeness (QED) is 0.819. The van der Waals surface area contributed by atoms with Gasteiger partial charge < -0.3 is 10.1 Å². The maximum atomic E-state index is 6.11. The number of benzene rings is 1. The summed E-state index contributed by atoms with van der Waals surface area (Å²) in [5, 5.41) is 4.96. The molecule has 96 valence electrons. The van der Waals surface area contributed by atoms with E-state index in [1.165, 1.54) is 12.8 Å². The first-order valence-electron chi connectivity index (χ1n) is 6.19. The topological polar surface area (TPSA) is 34.2 Å². The highest BCUT2D eigenvalue weighted by Gasteiger charge is 2.20. The number of thiazole rings is 1. The Kier molecular flexibility index (Phi) is 3.68. The van der Waals surface area contributed by atoms with Crippen LogP contribution in [0, 0.1) is 5.92 Å².